The van der Waals surface area contributed by atoms with Crippen LogP contribution in [0.4, 0.5) is 0 Å². The van der Waals surface area contributed by atoms with Gasteiger partial charge in [0, 0.05) is 26.1 Å². The van der Waals surface area contributed by atoms with Crippen LogP contribution in [0.3, 0.4) is 0 Å². The second kappa shape index (κ2) is 7.73. The van der Waals surface area contributed by atoms with Crippen molar-refractivity contribution >= 4 is 29.0 Å². The first-order chi connectivity index (χ1) is 8.90. The van der Waals surface area contributed by atoms with E-state index in [0.29, 0.717) is 22.4 Å². The van der Waals surface area contributed by atoms with Crippen molar-refractivity contribution in [2.75, 3.05) is 13.1 Å². The topological polar surface area (TPSA) is 53.1 Å². The van der Waals surface area contributed by atoms with Gasteiger partial charge in [0.25, 0.3) is 0 Å². The summed E-state index contributed by atoms with van der Waals surface area (Å²) in [5.41, 5.74) is 6.44. The SMILES string of the molecule is CC(C)CN(CCC(=N)N)Cc1cccc(Cl)c1Cl. The molecule has 0 aromatic heterocycles. The van der Waals surface area contributed by atoms with Crippen molar-refractivity contribution in [2.45, 2.75) is 26.8 Å². The molecule has 0 fully saturated rings. The number of nitrogens with two attached hydrogens (primary N) is 1. The van der Waals surface area contributed by atoms with E-state index in [1.807, 2.05) is 12.1 Å². The van der Waals surface area contributed by atoms with Crippen molar-refractivity contribution in [3.63, 3.8) is 0 Å². The molecule has 0 aliphatic heterocycles. The van der Waals surface area contributed by atoms with Crippen molar-refractivity contribution in [3.8, 4) is 0 Å². The van der Waals surface area contributed by atoms with E-state index in [2.05, 4.69) is 18.7 Å². The predicted octanol–water partition coefficient (Wildman–Crippen LogP) is 3.78. The Balaban J connectivity index is 2.75. The van der Waals surface area contributed by atoms with Gasteiger partial charge < -0.3 is 5.73 Å². The fraction of sp³-hybridized carbons (Fsp3) is 0.500. The number of hydrogen-bond acceptors (Lipinski definition) is 2. The highest BCUT2D eigenvalue weighted by molar-refractivity contribution is 6.42. The van der Waals surface area contributed by atoms with Crippen molar-refractivity contribution in [3.05, 3.63) is 33.8 Å². The lowest BCUT2D eigenvalue weighted by molar-refractivity contribution is 0.242. The Hall–Kier alpha value is -0.770. The molecule has 1 aromatic carbocycles. The van der Waals surface area contributed by atoms with Crippen LogP contribution in [0.5, 0.6) is 0 Å². The first-order valence-corrected chi connectivity index (χ1v) is 7.14. The normalized spacial score (nSPS) is 11.3. The quantitative estimate of drug-likeness (QED) is 0.595. The third-order valence-electron chi connectivity index (χ3n) is 2.75. The highest BCUT2D eigenvalue weighted by atomic mass is 35.5. The molecule has 0 aliphatic carbocycles. The number of nitrogens with zero attached hydrogens (tertiary/aromatic N) is 1. The maximum absolute atomic E-state index is 7.33. The van der Waals surface area contributed by atoms with E-state index < -0.39 is 0 Å². The van der Waals surface area contributed by atoms with Gasteiger partial charge in [-0.3, -0.25) is 10.3 Å². The molecule has 19 heavy (non-hydrogen) atoms. The molecule has 3 N–H and O–H groups in total. The van der Waals surface area contributed by atoms with Gasteiger partial charge in [-0.15, -0.1) is 0 Å². The second-order valence-electron chi connectivity index (χ2n) is 5.12. The Morgan fingerprint density at radius 2 is 2.05 bits per heavy atom. The van der Waals surface area contributed by atoms with E-state index in [0.717, 1.165) is 25.2 Å². The van der Waals surface area contributed by atoms with Crippen molar-refractivity contribution in [1.29, 1.82) is 5.41 Å². The zero-order valence-corrected chi connectivity index (χ0v) is 12.9. The lowest BCUT2D eigenvalue weighted by atomic mass is 10.1. The summed E-state index contributed by atoms with van der Waals surface area (Å²) in [4.78, 5) is 2.25. The summed E-state index contributed by atoms with van der Waals surface area (Å²) >= 11 is 12.2. The minimum Gasteiger partial charge on any atom is -0.388 e. The molecule has 0 radical (unpaired) electrons. The summed E-state index contributed by atoms with van der Waals surface area (Å²) < 4.78 is 0. The molecule has 0 saturated carbocycles. The van der Waals surface area contributed by atoms with Crippen LogP contribution in [0.15, 0.2) is 18.2 Å². The Morgan fingerprint density at radius 1 is 1.37 bits per heavy atom. The van der Waals surface area contributed by atoms with E-state index in [4.69, 9.17) is 34.3 Å². The molecular formula is C14H21Cl2N3. The Kier molecular flexibility index (Phi) is 6.63. The summed E-state index contributed by atoms with van der Waals surface area (Å²) in [5, 5.41) is 8.52. The van der Waals surface area contributed by atoms with E-state index >= 15 is 0 Å². The summed E-state index contributed by atoms with van der Waals surface area (Å²) in [5.74, 6) is 0.760. The largest absolute Gasteiger partial charge is 0.388 e. The van der Waals surface area contributed by atoms with Crippen molar-refractivity contribution < 1.29 is 0 Å². The molecule has 0 amide bonds. The zero-order chi connectivity index (χ0) is 14.4. The van der Waals surface area contributed by atoms with Gasteiger partial charge in [0.2, 0.25) is 0 Å². The lowest BCUT2D eigenvalue weighted by Crippen LogP contribution is -2.31. The zero-order valence-electron chi connectivity index (χ0n) is 11.4. The van der Waals surface area contributed by atoms with Gasteiger partial charge in [-0.25, -0.2) is 0 Å². The van der Waals surface area contributed by atoms with Gasteiger partial charge in [0.1, 0.15) is 0 Å². The maximum Gasteiger partial charge on any atom is 0.0918 e. The van der Waals surface area contributed by atoms with Crippen LogP contribution in [0, 0.1) is 11.3 Å². The molecule has 106 valence electrons. The number of benzene rings is 1. The summed E-state index contributed by atoms with van der Waals surface area (Å²) in [6.45, 7) is 6.76. The number of hydrogen-bond donors (Lipinski definition) is 2. The van der Waals surface area contributed by atoms with Crippen LogP contribution in [0.1, 0.15) is 25.8 Å². The van der Waals surface area contributed by atoms with Gasteiger partial charge in [0.05, 0.1) is 15.9 Å². The molecule has 5 heteroatoms. The van der Waals surface area contributed by atoms with Crippen LogP contribution < -0.4 is 5.73 Å². The monoisotopic (exact) mass is 301 g/mol. The molecule has 0 heterocycles. The van der Waals surface area contributed by atoms with E-state index in [1.165, 1.54) is 0 Å². The molecule has 1 aromatic rings. The Bertz CT molecular complexity index is 433. The molecule has 0 aliphatic rings. The number of rotatable bonds is 7. The summed E-state index contributed by atoms with van der Waals surface area (Å²) in [7, 11) is 0. The minimum absolute atomic E-state index is 0.214. The lowest BCUT2D eigenvalue weighted by Gasteiger charge is -2.24. The summed E-state index contributed by atoms with van der Waals surface area (Å²) in [6, 6.07) is 5.67. The highest BCUT2D eigenvalue weighted by Gasteiger charge is 2.12. The number of nitrogens with one attached hydrogen (secondary N) is 1. The average Bonchev–Trinajstić information content (AvgIpc) is 2.31. The van der Waals surface area contributed by atoms with Gasteiger partial charge >= 0.3 is 0 Å². The summed E-state index contributed by atoms with van der Waals surface area (Å²) in [6.07, 6.45) is 0.574. The van der Waals surface area contributed by atoms with Gasteiger partial charge in [-0.2, -0.15) is 0 Å². The smallest absolute Gasteiger partial charge is 0.0918 e. The van der Waals surface area contributed by atoms with Crippen LogP contribution in [0.25, 0.3) is 0 Å². The molecule has 0 spiro atoms. The number of halogens is 2. The molecule has 1 rings (SSSR count). The maximum atomic E-state index is 7.33. The molecule has 0 bridgehead atoms. The van der Waals surface area contributed by atoms with E-state index in [9.17, 15) is 0 Å². The van der Waals surface area contributed by atoms with Crippen molar-refractivity contribution in [2.24, 2.45) is 11.7 Å². The van der Waals surface area contributed by atoms with E-state index in [-0.39, 0.29) is 5.84 Å². The first-order valence-electron chi connectivity index (χ1n) is 6.38. The fourth-order valence-corrected chi connectivity index (χ4v) is 2.32. The Morgan fingerprint density at radius 3 is 2.63 bits per heavy atom. The van der Waals surface area contributed by atoms with Gasteiger partial charge in [-0.05, 0) is 17.5 Å². The predicted molar refractivity (Wildman–Crippen MR) is 83.1 cm³/mol. The third kappa shape index (κ3) is 5.81. The van der Waals surface area contributed by atoms with Crippen LogP contribution in [-0.2, 0) is 6.54 Å². The van der Waals surface area contributed by atoms with Crippen LogP contribution in [0.2, 0.25) is 10.0 Å². The van der Waals surface area contributed by atoms with E-state index in [1.54, 1.807) is 6.07 Å². The molecular weight excluding hydrogens is 281 g/mol. The second-order valence-corrected chi connectivity index (χ2v) is 5.90. The Labute approximate surface area is 125 Å². The van der Waals surface area contributed by atoms with Gasteiger partial charge in [0.15, 0.2) is 0 Å². The van der Waals surface area contributed by atoms with Gasteiger partial charge in [-0.1, -0.05) is 49.2 Å². The average molecular weight is 302 g/mol. The minimum atomic E-state index is 0.214. The number of amidine groups is 1. The standard InChI is InChI=1S/C14H21Cl2N3/c1-10(2)8-19(7-6-13(17)18)9-11-4-3-5-12(15)14(11)16/h3-5,10H,6-9H2,1-2H3,(H3,17,18). The first kappa shape index (κ1) is 16.3. The van der Waals surface area contributed by atoms with Crippen LogP contribution >= 0.6 is 23.2 Å². The molecule has 0 unspecified atom stereocenters. The molecule has 0 saturated heterocycles. The third-order valence-corrected chi connectivity index (χ3v) is 3.60. The molecule has 0 atom stereocenters. The highest BCUT2D eigenvalue weighted by Crippen LogP contribution is 2.26. The fourth-order valence-electron chi connectivity index (χ4n) is 1.94. The van der Waals surface area contributed by atoms with Crippen molar-refractivity contribution in [1.82, 2.24) is 4.90 Å². The van der Waals surface area contributed by atoms with Crippen LogP contribution in [-0.4, -0.2) is 23.8 Å². The molecule has 3 nitrogen and oxygen atoms in total.